The molecule has 88 valence electrons. The Bertz CT molecular complexity index is 594. The van der Waals surface area contributed by atoms with Crippen molar-refractivity contribution >= 4 is 9.84 Å². The topological polar surface area (TPSA) is 54.4 Å². The minimum absolute atomic E-state index is 0.0567. The smallest absolute Gasteiger partial charge is 0.206 e. The summed E-state index contributed by atoms with van der Waals surface area (Å²) < 4.78 is 24.5. The summed E-state index contributed by atoms with van der Waals surface area (Å²) in [5.41, 5.74) is 0.881. The van der Waals surface area contributed by atoms with Gasteiger partial charge in [-0.25, -0.2) is 8.42 Å². The summed E-state index contributed by atoms with van der Waals surface area (Å²) in [6.07, 6.45) is 0. The number of rotatable bonds is 2. The molecule has 1 N–H and O–H groups in total. The zero-order chi connectivity index (χ0) is 12.5. The molecule has 0 saturated carbocycles. The summed E-state index contributed by atoms with van der Waals surface area (Å²) in [6, 6.07) is 12.4. The van der Waals surface area contributed by atoms with E-state index < -0.39 is 9.84 Å². The summed E-state index contributed by atoms with van der Waals surface area (Å²) in [6.45, 7) is 1.83. The predicted octanol–water partition coefficient (Wildman–Crippen LogP) is 2.53. The van der Waals surface area contributed by atoms with Gasteiger partial charge in [-0.05, 0) is 42.8 Å². The maximum Gasteiger partial charge on any atom is 0.206 e. The molecule has 0 heterocycles. The number of aromatic hydroxyl groups is 1. The quantitative estimate of drug-likeness (QED) is 0.888. The highest BCUT2D eigenvalue weighted by Crippen LogP contribution is 2.23. The molecule has 0 radical (unpaired) electrons. The number of phenolic OH excluding ortho intramolecular Hbond substituents is 1. The van der Waals surface area contributed by atoms with Gasteiger partial charge >= 0.3 is 0 Å². The molecule has 17 heavy (non-hydrogen) atoms. The van der Waals surface area contributed by atoms with Crippen LogP contribution < -0.4 is 0 Å². The molecule has 0 aromatic heterocycles. The van der Waals surface area contributed by atoms with E-state index >= 15 is 0 Å². The lowest BCUT2D eigenvalue weighted by Crippen LogP contribution is -2.01. The standard InChI is InChI=1S/C13H12O3S/c1-10-4-2-6-12(8-10)17(15,16)13-7-3-5-11(14)9-13/h2-9,14H,1H3. The predicted molar refractivity (Wildman–Crippen MR) is 64.7 cm³/mol. The first-order chi connectivity index (χ1) is 8.00. The third-order valence-corrected chi connectivity index (χ3v) is 4.18. The van der Waals surface area contributed by atoms with Crippen molar-refractivity contribution in [3.05, 3.63) is 54.1 Å². The molecule has 4 heteroatoms. The van der Waals surface area contributed by atoms with Gasteiger partial charge in [0, 0.05) is 0 Å². The van der Waals surface area contributed by atoms with Crippen molar-refractivity contribution in [1.82, 2.24) is 0 Å². The Balaban J connectivity index is 2.58. The number of phenols is 1. The fraction of sp³-hybridized carbons (Fsp3) is 0.0769. The van der Waals surface area contributed by atoms with Crippen molar-refractivity contribution in [2.45, 2.75) is 16.7 Å². The van der Waals surface area contributed by atoms with Gasteiger partial charge in [0.05, 0.1) is 9.79 Å². The van der Waals surface area contributed by atoms with Gasteiger partial charge in [-0.1, -0.05) is 18.2 Å². The Labute approximate surface area is 100 Å². The maximum absolute atomic E-state index is 12.2. The van der Waals surface area contributed by atoms with E-state index in [0.717, 1.165) is 5.56 Å². The van der Waals surface area contributed by atoms with Crippen molar-refractivity contribution in [2.75, 3.05) is 0 Å². The highest BCUT2D eigenvalue weighted by molar-refractivity contribution is 7.91. The molecule has 0 aliphatic heterocycles. The second-order valence-corrected chi connectivity index (χ2v) is 5.77. The van der Waals surface area contributed by atoms with Gasteiger partial charge in [0.1, 0.15) is 5.75 Å². The third kappa shape index (κ3) is 2.31. The van der Waals surface area contributed by atoms with Crippen LogP contribution >= 0.6 is 0 Å². The second kappa shape index (κ2) is 4.22. The zero-order valence-electron chi connectivity index (χ0n) is 9.29. The number of aryl methyl sites for hydroxylation is 1. The van der Waals surface area contributed by atoms with E-state index in [-0.39, 0.29) is 15.5 Å². The average molecular weight is 248 g/mol. The van der Waals surface area contributed by atoms with Crippen LogP contribution in [0, 0.1) is 6.92 Å². The van der Waals surface area contributed by atoms with Gasteiger partial charge in [-0.3, -0.25) is 0 Å². The first-order valence-electron chi connectivity index (χ1n) is 5.11. The Kier molecular flexibility index (Phi) is 2.90. The Morgan fingerprint density at radius 3 is 2.12 bits per heavy atom. The SMILES string of the molecule is Cc1cccc(S(=O)(=O)c2cccc(O)c2)c1. The zero-order valence-corrected chi connectivity index (χ0v) is 10.1. The molecule has 0 aliphatic rings. The van der Waals surface area contributed by atoms with Crippen LogP contribution in [0.4, 0.5) is 0 Å². The summed E-state index contributed by atoms with van der Waals surface area (Å²) in [7, 11) is -3.54. The summed E-state index contributed by atoms with van der Waals surface area (Å²) in [5, 5.41) is 9.31. The minimum atomic E-state index is -3.54. The van der Waals surface area contributed by atoms with E-state index in [1.807, 2.05) is 13.0 Å². The van der Waals surface area contributed by atoms with Crippen LogP contribution in [0.3, 0.4) is 0 Å². The number of hydrogen-bond acceptors (Lipinski definition) is 3. The molecule has 2 aromatic carbocycles. The Hall–Kier alpha value is -1.81. The van der Waals surface area contributed by atoms with E-state index in [1.54, 1.807) is 18.2 Å². The molecule has 0 atom stereocenters. The van der Waals surface area contributed by atoms with Gasteiger partial charge in [-0.15, -0.1) is 0 Å². The van der Waals surface area contributed by atoms with Crippen LogP contribution in [-0.2, 0) is 9.84 Å². The third-order valence-electron chi connectivity index (χ3n) is 2.43. The normalized spacial score (nSPS) is 11.4. The molecule has 0 saturated heterocycles. The summed E-state index contributed by atoms with van der Waals surface area (Å²) in [5.74, 6) is -0.0567. The van der Waals surface area contributed by atoms with E-state index in [4.69, 9.17) is 0 Å². The largest absolute Gasteiger partial charge is 0.508 e. The first-order valence-corrected chi connectivity index (χ1v) is 6.59. The summed E-state index contributed by atoms with van der Waals surface area (Å²) >= 11 is 0. The van der Waals surface area contributed by atoms with E-state index in [0.29, 0.717) is 0 Å². The van der Waals surface area contributed by atoms with E-state index in [9.17, 15) is 13.5 Å². The summed E-state index contributed by atoms with van der Waals surface area (Å²) in [4.78, 5) is 0.339. The molecule has 2 aromatic rings. The van der Waals surface area contributed by atoms with Gasteiger partial charge in [0.15, 0.2) is 0 Å². The Morgan fingerprint density at radius 1 is 0.941 bits per heavy atom. The molecule has 3 nitrogen and oxygen atoms in total. The molecule has 0 amide bonds. The molecule has 0 spiro atoms. The van der Waals surface area contributed by atoms with Crippen molar-refractivity contribution in [3.63, 3.8) is 0 Å². The first kappa shape index (κ1) is 11.7. The van der Waals surface area contributed by atoms with Crippen molar-refractivity contribution in [2.24, 2.45) is 0 Å². The van der Waals surface area contributed by atoms with Crippen LogP contribution in [-0.4, -0.2) is 13.5 Å². The van der Waals surface area contributed by atoms with E-state index in [1.165, 1.54) is 24.3 Å². The van der Waals surface area contributed by atoms with Crippen molar-refractivity contribution < 1.29 is 13.5 Å². The van der Waals surface area contributed by atoms with Crippen LogP contribution in [0.5, 0.6) is 5.75 Å². The lowest BCUT2D eigenvalue weighted by atomic mass is 10.2. The highest BCUT2D eigenvalue weighted by Gasteiger charge is 2.17. The Morgan fingerprint density at radius 2 is 1.53 bits per heavy atom. The molecule has 0 aliphatic carbocycles. The van der Waals surface area contributed by atoms with Crippen LogP contribution in [0.25, 0.3) is 0 Å². The molecular weight excluding hydrogens is 236 g/mol. The monoisotopic (exact) mass is 248 g/mol. The molecule has 0 fully saturated rings. The fourth-order valence-corrected chi connectivity index (χ4v) is 2.97. The van der Waals surface area contributed by atoms with E-state index in [2.05, 4.69) is 0 Å². The molecule has 0 unspecified atom stereocenters. The van der Waals surface area contributed by atoms with Crippen LogP contribution in [0.15, 0.2) is 58.3 Å². The number of sulfone groups is 1. The average Bonchev–Trinajstić information content (AvgIpc) is 2.29. The highest BCUT2D eigenvalue weighted by atomic mass is 32.2. The van der Waals surface area contributed by atoms with Gasteiger partial charge < -0.3 is 5.11 Å². The van der Waals surface area contributed by atoms with Gasteiger partial charge in [-0.2, -0.15) is 0 Å². The van der Waals surface area contributed by atoms with Gasteiger partial charge in [0.2, 0.25) is 9.84 Å². The second-order valence-electron chi connectivity index (χ2n) is 3.82. The molecule has 0 bridgehead atoms. The van der Waals surface area contributed by atoms with Crippen molar-refractivity contribution in [3.8, 4) is 5.75 Å². The van der Waals surface area contributed by atoms with Gasteiger partial charge in [0.25, 0.3) is 0 Å². The lowest BCUT2D eigenvalue weighted by molar-refractivity contribution is 0.473. The molecule has 2 rings (SSSR count). The fourth-order valence-electron chi connectivity index (χ4n) is 1.57. The maximum atomic E-state index is 12.2. The van der Waals surface area contributed by atoms with Crippen LogP contribution in [0.1, 0.15) is 5.56 Å². The molecular formula is C13H12O3S. The number of benzene rings is 2. The van der Waals surface area contributed by atoms with Crippen molar-refractivity contribution in [1.29, 1.82) is 0 Å². The minimum Gasteiger partial charge on any atom is -0.508 e. The lowest BCUT2D eigenvalue weighted by Gasteiger charge is -2.05. The number of hydrogen-bond donors (Lipinski definition) is 1. The van der Waals surface area contributed by atoms with Crippen LogP contribution in [0.2, 0.25) is 0 Å².